The van der Waals surface area contributed by atoms with E-state index in [1.807, 2.05) is 0 Å². The number of aliphatic hydroxyl groups is 1. The van der Waals surface area contributed by atoms with Crippen molar-refractivity contribution in [1.82, 2.24) is 5.32 Å². The lowest BCUT2D eigenvalue weighted by molar-refractivity contribution is -0.146. The maximum absolute atomic E-state index is 12.0. The monoisotopic (exact) mass is 281 g/mol. The van der Waals surface area contributed by atoms with Crippen LogP contribution in [0.25, 0.3) is 0 Å². The van der Waals surface area contributed by atoms with Crippen LogP contribution in [0.3, 0.4) is 0 Å². The van der Waals surface area contributed by atoms with Crippen molar-refractivity contribution in [2.45, 2.75) is 12.5 Å². The van der Waals surface area contributed by atoms with Gasteiger partial charge in [-0.15, -0.1) is 0 Å². The molecule has 1 aliphatic rings. The number of nitrogens with one attached hydrogen (secondary N) is 1. The first kappa shape index (κ1) is 14.1. The van der Waals surface area contributed by atoms with Crippen molar-refractivity contribution in [3.05, 3.63) is 23.8 Å². The summed E-state index contributed by atoms with van der Waals surface area (Å²) in [5.74, 6) is -0.817. The molecule has 108 valence electrons. The molecule has 0 spiro atoms. The second kappa shape index (κ2) is 6.25. The molecule has 0 radical (unpaired) electrons. The molecule has 1 amide bonds. The minimum absolute atomic E-state index is 0.0524. The Kier molecular flexibility index (Phi) is 4.41. The van der Waals surface area contributed by atoms with Gasteiger partial charge in [0.15, 0.2) is 17.6 Å². The summed E-state index contributed by atoms with van der Waals surface area (Å²) in [6, 6.07) is 4.98. The zero-order valence-electron chi connectivity index (χ0n) is 10.7. The van der Waals surface area contributed by atoms with E-state index in [0.29, 0.717) is 30.3 Å². The van der Waals surface area contributed by atoms with Gasteiger partial charge in [-0.1, -0.05) is 6.07 Å². The van der Waals surface area contributed by atoms with E-state index < -0.39 is 18.0 Å². The Morgan fingerprint density at radius 2 is 2.05 bits per heavy atom. The van der Waals surface area contributed by atoms with E-state index in [1.165, 1.54) is 0 Å². The van der Waals surface area contributed by atoms with Gasteiger partial charge in [0.25, 0.3) is 5.91 Å². The molecule has 0 saturated heterocycles. The van der Waals surface area contributed by atoms with Gasteiger partial charge < -0.3 is 25.0 Å². The molecule has 0 fully saturated rings. The summed E-state index contributed by atoms with van der Waals surface area (Å²) in [5.41, 5.74) is 0.326. The maximum atomic E-state index is 12.0. The van der Waals surface area contributed by atoms with Crippen LogP contribution in [0.5, 0.6) is 11.5 Å². The van der Waals surface area contributed by atoms with E-state index in [4.69, 9.17) is 19.7 Å². The SMILES string of the molecule is O=C(NCCC(O)C(=O)O)c1cccc2c1OCCO2. The zero-order valence-corrected chi connectivity index (χ0v) is 10.7. The molecule has 20 heavy (non-hydrogen) atoms. The predicted octanol–water partition coefficient (Wildman–Crippen LogP) is 0.0232. The number of fused-ring (bicyclic) bond motifs is 1. The van der Waals surface area contributed by atoms with E-state index in [2.05, 4.69) is 5.32 Å². The van der Waals surface area contributed by atoms with Crippen molar-refractivity contribution in [3.63, 3.8) is 0 Å². The van der Waals surface area contributed by atoms with Crippen molar-refractivity contribution in [1.29, 1.82) is 0 Å². The average Bonchev–Trinajstić information content (AvgIpc) is 2.46. The molecule has 0 saturated carbocycles. The highest BCUT2D eigenvalue weighted by atomic mass is 16.6. The number of carboxylic acids is 1. The number of hydrogen-bond acceptors (Lipinski definition) is 5. The van der Waals surface area contributed by atoms with Gasteiger partial charge in [0.1, 0.15) is 13.2 Å². The molecular formula is C13H15NO6. The van der Waals surface area contributed by atoms with E-state index >= 15 is 0 Å². The van der Waals surface area contributed by atoms with Crippen LogP contribution in [0.1, 0.15) is 16.8 Å². The largest absolute Gasteiger partial charge is 0.486 e. The summed E-state index contributed by atoms with van der Waals surface area (Å²) in [7, 11) is 0. The lowest BCUT2D eigenvalue weighted by Gasteiger charge is -2.20. The number of amides is 1. The molecule has 1 aliphatic heterocycles. The summed E-state index contributed by atoms with van der Waals surface area (Å²) in [6.07, 6.45) is -1.55. The van der Waals surface area contributed by atoms with Crippen molar-refractivity contribution in [3.8, 4) is 11.5 Å². The fraction of sp³-hybridized carbons (Fsp3) is 0.385. The third kappa shape index (κ3) is 3.18. The highest BCUT2D eigenvalue weighted by Crippen LogP contribution is 2.33. The van der Waals surface area contributed by atoms with Crippen molar-refractivity contribution >= 4 is 11.9 Å². The Balaban J connectivity index is 1.98. The highest BCUT2D eigenvalue weighted by Gasteiger charge is 2.20. The van der Waals surface area contributed by atoms with Crippen LogP contribution in [0.2, 0.25) is 0 Å². The Hall–Kier alpha value is -2.28. The second-order valence-corrected chi connectivity index (χ2v) is 4.23. The van der Waals surface area contributed by atoms with Crippen LogP contribution < -0.4 is 14.8 Å². The van der Waals surface area contributed by atoms with Crippen LogP contribution in [-0.4, -0.2) is 48.0 Å². The zero-order chi connectivity index (χ0) is 14.5. The summed E-state index contributed by atoms with van der Waals surface area (Å²) in [5, 5.41) is 20.2. The quantitative estimate of drug-likeness (QED) is 0.703. The molecule has 1 heterocycles. The number of aliphatic hydroxyl groups excluding tert-OH is 1. The minimum atomic E-state index is -1.49. The molecule has 7 nitrogen and oxygen atoms in total. The van der Waals surface area contributed by atoms with Gasteiger partial charge in [0.05, 0.1) is 5.56 Å². The van der Waals surface area contributed by atoms with E-state index in [1.54, 1.807) is 18.2 Å². The third-order valence-corrected chi connectivity index (χ3v) is 2.80. The molecule has 0 aliphatic carbocycles. The van der Waals surface area contributed by atoms with Gasteiger partial charge in [0.2, 0.25) is 0 Å². The molecule has 1 atom stereocenters. The van der Waals surface area contributed by atoms with Gasteiger partial charge in [-0.05, 0) is 12.1 Å². The van der Waals surface area contributed by atoms with Gasteiger partial charge in [0, 0.05) is 13.0 Å². The van der Waals surface area contributed by atoms with Crippen molar-refractivity contribution in [2.75, 3.05) is 19.8 Å². The van der Waals surface area contributed by atoms with Crippen LogP contribution in [-0.2, 0) is 4.79 Å². The predicted molar refractivity (Wildman–Crippen MR) is 68.0 cm³/mol. The lowest BCUT2D eigenvalue weighted by atomic mass is 10.1. The average molecular weight is 281 g/mol. The Bertz CT molecular complexity index is 516. The summed E-state index contributed by atoms with van der Waals surface area (Å²) in [6.45, 7) is 0.856. The summed E-state index contributed by atoms with van der Waals surface area (Å²) in [4.78, 5) is 22.4. The number of carbonyl (C=O) groups is 2. The van der Waals surface area contributed by atoms with Crippen LogP contribution >= 0.6 is 0 Å². The molecule has 7 heteroatoms. The van der Waals surface area contributed by atoms with Crippen LogP contribution in [0.15, 0.2) is 18.2 Å². The van der Waals surface area contributed by atoms with Gasteiger partial charge in [-0.25, -0.2) is 4.79 Å². The number of benzene rings is 1. The summed E-state index contributed by atoms with van der Waals surface area (Å²) < 4.78 is 10.8. The van der Waals surface area contributed by atoms with Crippen molar-refractivity contribution < 1.29 is 29.3 Å². The number of aliphatic carboxylic acids is 1. The summed E-state index contributed by atoms with van der Waals surface area (Å²) >= 11 is 0. The fourth-order valence-electron chi connectivity index (χ4n) is 1.79. The minimum Gasteiger partial charge on any atom is -0.486 e. The van der Waals surface area contributed by atoms with Gasteiger partial charge >= 0.3 is 5.97 Å². The number of carbonyl (C=O) groups excluding carboxylic acids is 1. The standard InChI is InChI=1S/C13H15NO6/c15-9(13(17)18)4-5-14-12(16)8-2-1-3-10-11(8)20-7-6-19-10/h1-3,9,15H,4-7H2,(H,14,16)(H,17,18). The van der Waals surface area contributed by atoms with E-state index in [-0.39, 0.29) is 13.0 Å². The number of rotatable bonds is 5. The maximum Gasteiger partial charge on any atom is 0.332 e. The molecule has 1 aromatic rings. The molecule has 0 bridgehead atoms. The first-order valence-corrected chi connectivity index (χ1v) is 6.17. The normalized spacial score (nSPS) is 14.4. The number of ether oxygens (including phenoxy) is 2. The molecule has 1 aromatic carbocycles. The van der Waals surface area contributed by atoms with Gasteiger partial charge in [-0.3, -0.25) is 4.79 Å². The molecule has 3 N–H and O–H groups in total. The molecule has 0 aromatic heterocycles. The fourth-order valence-corrected chi connectivity index (χ4v) is 1.79. The first-order chi connectivity index (χ1) is 9.59. The van der Waals surface area contributed by atoms with E-state index in [9.17, 15) is 9.59 Å². The number of hydrogen-bond donors (Lipinski definition) is 3. The van der Waals surface area contributed by atoms with E-state index in [0.717, 1.165) is 0 Å². The smallest absolute Gasteiger partial charge is 0.332 e. The van der Waals surface area contributed by atoms with Crippen molar-refractivity contribution in [2.24, 2.45) is 0 Å². The molecular weight excluding hydrogens is 266 g/mol. The van der Waals surface area contributed by atoms with Crippen LogP contribution in [0, 0.1) is 0 Å². The number of para-hydroxylation sites is 1. The highest BCUT2D eigenvalue weighted by molar-refractivity contribution is 5.97. The Morgan fingerprint density at radius 1 is 1.30 bits per heavy atom. The molecule has 2 rings (SSSR count). The Morgan fingerprint density at radius 3 is 2.80 bits per heavy atom. The topological polar surface area (TPSA) is 105 Å². The van der Waals surface area contributed by atoms with Crippen LogP contribution in [0.4, 0.5) is 0 Å². The Labute approximate surface area is 115 Å². The lowest BCUT2D eigenvalue weighted by Crippen LogP contribution is -2.30. The van der Waals surface area contributed by atoms with Gasteiger partial charge in [-0.2, -0.15) is 0 Å². The first-order valence-electron chi connectivity index (χ1n) is 6.17. The number of carboxylic acid groups (broad SMARTS) is 1. The third-order valence-electron chi connectivity index (χ3n) is 2.80. The second-order valence-electron chi connectivity index (χ2n) is 4.23. The molecule has 1 unspecified atom stereocenters.